The van der Waals surface area contributed by atoms with Gasteiger partial charge in [-0.2, -0.15) is 4.80 Å². The van der Waals surface area contributed by atoms with Crippen molar-refractivity contribution in [3.8, 4) is 17.1 Å². The second kappa shape index (κ2) is 8.54. The number of nitrogens with one attached hydrogen (secondary N) is 1. The van der Waals surface area contributed by atoms with Crippen molar-refractivity contribution in [1.29, 1.82) is 0 Å². The molecule has 0 atom stereocenters. The molecule has 0 spiro atoms. The van der Waals surface area contributed by atoms with Crippen LogP contribution in [-0.2, 0) is 19.6 Å². The molecule has 3 heterocycles. The average Bonchev–Trinajstić information content (AvgIpc) is 3.38. The van der Waals surface area contributed by atoms with Crippen molar-refractivity contribution < 1.29 is 4.74 Å². The highest BCUT2D eigenvalue weighted by molar-refractivity contribution is 5.71. The molecule has 11 nitrogen and oxygen atoms in total. The molecule has 0 radical (unpaired) electrons. The molecular formula is C20H24N8O3. The number of benzene rings is 1. The van der Waals surface area contributed by atoms with E-state index in [2.05, 4.69) is 25.4 Å². The molecular weight excluding hydrogens is 400 g/mol. The van der Waals surface area contributed by atoms with E-state index < -0.39 is 11.2 Å². The Bertz CT molecular complexity index is 1330. The molecule has 4 rings (SSSR count). The van der Waals surface area contributed by atoms with Crippen LogP contribution in [0.2, 0.25) is 0 Å². The summed E-state index contributed by atoms with van der Waals surface area (Å²) in [4.78, 5) is 33.3. The summed E-state index contributed by atoms with van der Waals surface area (Å²) < 4.78 is 8.55. The summed E-state index contributed by atoms with van der Waals surface area (Å²) in [6.07, 6.45) is 1.73. The van der Waals surface area contributed by atoms with Gasteiger partial charge >= 0.3 is 5.69 Å². The molecule has 0 aliphatic carbocycles. The quantitative estimate of drug-likeness (QED) is 0.453. The van der Waals surface area contributed by atoms with Crippen LogP contribution in [0.5, 0.6) is 5.75 Å². The lowest BCUT2D eigenvalue weighted by molar-refractivity contribution is 0.415. The van der Waals surface area contributed by atoms with E-state index in [-0.39, 0.29) is 6.54 Å². The first kappa shape index (κ1) is 20.5. The lowest BCUT2D eigenvalue weighted by Crippen LogP contribution is -2.31. The Hall–Kier alpha value is -3.76. The third kappa shape index (κ3) is 3.86. The number of fused-ring (bicyclic) bond motifs is 1. The number of rotatable bonds is 8. The molecule has 0 bridgehead atoms. The van der Waals surface area contributed by atoms with Gasteiger partial charge in [-0.25, -0.2) is 9.78 Å². The topological polar surface area (TPSA) is 126 Å². The van der Waals surface area contributed by atoms with Crippen molar-refractivity contribution in [2.45, 2.75) is 46.3 Å². The minimum absolute atomic E-state index is 0.209. The van der Waals surface area contributed by atoms with Crippen LogP contribution in [0.15, 0.2) is 33.9 Å². The number of hydrogen-bond acceptors (Lipinski definition) is 7. The highest BCUT2D eigenvalue weighted by atomic mass is 16.5. The van der Waals surface area contributed by atoms with Crippen molar-refractivity contribution in [2.24, 2.45) is 0 Å². The van der Waals surface area contributed by atoms with E-state index in [4.69, 9.17) is 4.74 Å². The predicted molar refractivity (Wildman–Crippen MR) is 114 cm³/mol. The highest BCUT2D eigenvalue weighted by Crippen LogP contribution is 2.20. The maximum Gasteiger partial charge on any atom is 0.330 e. The Kier molecular flexibility index (Phi) is 5.65. The maximum absolute atomic E-state index is 12.5. The molecule has 0 aliphatic rings. The fraction of sp³-hybridized carbons (Fsp3) is 0.400. The van der Waals surface area contributed by atoms with Crippen LogP contribution in [0.4, 0.5) is 0 Å². The summed E-state index contributed by atoms with van der Waals surface area (Å²) in [5.74, 6) is 1.73. The number of aromatic amines is 1. The molecule has 0 unspecified atom stereocenters. The first-order valence-electron chi connectivity index (χ1n) is 10.2. The molecule has 0 saturated carbocycles. The summed E-state index contributed by atoms with van der Waals surface area (Å²) >= 11 is 0. The van der Waals surface area contributed by atoms with Crippen molar-refractivity contribution >= 4 is 11.2 Å². The molecule has 31 heavy (non-hydrogen) atoms. The second-order valence-electron chi connectivity index (χ2n) is 7.08. The Balaban J connectivity index is 1.73. The van der Waals surface area contributed by atoms with Crippen LogP contribution in [0.1, 0.15) is 32.5 Å². The average molecular weight is 424 g/mol. The van der Waals surface area contributed by atoms with Crippen LogP contribution >= 0.6 is 0 Å². The van der Waals surface area contributed by atoms with E-state index in [1.54, 1.807) is 11.7 Å². The number of imidazole rings is 1. The van der Waals surface area contributed by atoms with Gasteiger partial charge < -0.3 is 9.30 Å². The molecule has 11 heteroatoms. The zero-order valence-electron chi connectivity index (χ0n) is 17.7. The zero-order chi connectivity index (χ0) is 22.0. The van der Waals surface area contributed by atoms with Crippen molar-refractivity contribution in [3.63, 3.8) is 0 Å². The Morgan fingerprint density at radius 3 is 2.74 bits per heavy atom. The Morgan fingerprint density at radius 2 is 2.00 bits per heavy atom. The summed E-state index contributed by atoms with van der Waals surface area (Å²) in [6, 6.07) is 7.39. The number of ether oxygens (including phenoxy) is 1. The summed E-state index contributed by atoms with van der Waals surface area (Å²) in [7, 11) is 1.60. The zero-order valence-corrected chi connectivity index (χ0v) is 17.7. The summed E-state index contributed by atoms with van der Waals surface area (Å²) in [5, 5.41) is 12.7. The predicted octanol–water partition coefficient (Wildman–Crippen LogP) is 1.42. The smallest absolute Gasteiger partial charge is 0.330 e. The van der Waals surface area contributed by atoms with Crippen molar-refractivity contribution in [2.75, 3.05) is 7.11 Å². The number of methoxy groups -OCH3 is 1. The van der Waals surface area contributed by atoms with Gasteiger partial charge in [0.2, 0.25) is 5.82 Å². The fourth-order valence-corrected chi connectivity index (χ4v) is 3.52. The first-order valence-corrected chi connectivity index (χ1v) is 10.2. The molecule has 0 fully saturated rings. The van der Waals surface area contributed by atoms with Crippen LogP contribution in [0, 0.1) is 0 Å². The van der Waals surface area contributed by atoms with Gasteiger partial charge in [0.05, 0.1) is 7.11 Å². The van der Waals surface area contributed by atoms with E-state index in [0.29, 0.717) is 41.7 Å². The third-order valence-corrected chi connectivity index (χ3v) is 5.08. The van der Waals surface area contributed by atoms with Gasteiger partial charge in [-0.3, -0.25) is 14.3 Å². The molecule has 3 aromatic heterocycles. The van der Waals surface area contributed by atoms with Crippen LogP contribution < -0.4 is 16.0 Å². The van der Waals surface area contributed by atoms with Gasteiger partial charge in [0, 0.05) is 18.7 Å². The molecule has 1 aromatic carbocycles. The van der Waals surface area contributed by atoms with Crippen molar-refractivity contribution in [3.05, 3.63) is 50.9 Å². The number of aryl methyl sites for hydroxylation is 2. The Morgan fingerprint density at radius 1 is 1.16 bits per heavy atom. The SMILES string of the molecule is CCCCn1c(=O)[nH]c(=O)c2c1nc(Cn1nnc(-c3cccc(OC)c3)n1)n2CC. The van der Waals surface area contributed by atoms with Gasteiger partial charge in [-0.1, -0.05) is 25.5 Å². The number of H-pyrrole nitrogens is 1. The van der Waals surface area contributed by atoms with Gasteiger partial charge in [0.15, 0.2) is 11.2 Å². The number of nitrogens with zero attached hydrogens (tertiary/aromatic N) is 7. The van der Waals surface area contributed by atoms with Crippen LogP contribution in [0.3, 0.4) is 0 Å². The minimum atomic E-state index is -0.447. The summed E-state index contributed by atoms with van der Waals surface area (Å²) in [5.41, 5.74) is 0.641. The number of unbranched alkanes of at least 4 members (excludes halogenated alkanes) is 1. The first-order chi connectivity index (χ1) is 15.0. The minimum Gasteiger partial charge on any atom is -0.497 e. The molecule has 0 amide bonds. The molecule has 1 N–H and O–H groups in total. The van der Waals surface area contributed by atoms with E-state index >= 15 is 0 Å². The summed E-state index contributed by atoms with van der Waals surface area (Å²) in [6.45, 7) is 5.17. The molecule has 162 valence electrons. The van der Waals surface area contributed by atoms with E-state index in [1.165, 1.54) is 9.36 Å². The Labute approximate surface area is 177 Å². The van der Waals surface area contributed by atoms with E-state index in [1.807, 2.05) is 38.1 Å². The number of tetrazole rings is 1. The number of aromatic nitrogens is 8. The lowest BCUT2D eigenvalue weighted by atomic mass is 10.2. The van der Waals surface area contributed by atoms with E-state index in [9.17, 15) is 9.59 Å². The molecule has 0 aliphatic heterocycles. The fourth-order valence-electron chi connectivity index (χ4n) is 3.52. The standard InChI is InChI=1S/C20H24N8O3/c1-4-6-10-27-18-16(19(29)22-20(27)30)26(5-2)15(21-18)12-28-24-17(23-25-28)13-8-7-9-14(11-13)31-3/h7-9,11H,4-6,10,12H2,1-3H3,(H,22,29,30). The third-order valence-electron chi connectivity index (χ3n) is 5.08. The van der Waals surface area contributed by atoms with Gasteiger partial charge in [0.25, 0.3) is 5.56 Å². The highest BCUT2D eigenvalue weighted by Gasteiger charge is 2.19. The van der Waals surface area contributed by atoms with Crippen LogP contribution in [0.25, 0.3) is 22.6 Å². The van der Waals surface area contributed by atoms with Crippen molar-refractivity contribution in [1.82, 2.24) is 39.3 Å². The maximum atomic E-state index is 12.5. The number of hydrogen-bond donors (Lipinski definition) is 1. The lowest BCUT2D eigenvalue weighted by Gasteiger charge is -2.06. The van der Waals surface area contributed by atoms with E-state index in [0.717, 1.165) is 18.4 Å². The largest absolute Gasteiger partial charge is 0.497 e. The second-order valence-corrected chi connectivity index (χ2v) is 7.08. The van der Waals surface area contributed by atoms with Crippen LogP contribution in [-0.4, -0.2) is 46.4 Å². The normalized spacial score (nSPS) is 11.3. The molecule has 4 aromatic rings. The van der Waals surface area contributed by atoms with Gasteiger partial charge in [-0.05, 0) is 30.7 Å². The molecule has 0 saturated heterocycles. The monoisotopic (exact) mass is 424 g/mol. The van der Waals surface area contributed by atoms with Gasteiger partial charge in [-0.15, -0.1) is 10.2 Å². The van der Waals surface area contributed by atoms with Gasteiger partial charge in [0.1, 0.15) is 18.1 Å².